The first-order chi connectivity index (χ1) is 19.2. The second kappa shape index (κ2) is 13.3. The summed E-state index contributed by atoms with van der Waals surface area (Å²) in [6.45, 7) is 7.58. The molecule has 1 aliphatic heterocycles. The molecule has 2 aromatic heterocycles. The molecule has 1 saturated heterocycles. The lowest BCUT2D eigenvalue weighted by atomic mass is 10.1. The summed E-state index contributed by atoms with van der Waals surface area (Å²) in [5.74, 6) is 0.298. The lowest BCUT2D eigenvalue weighted by molar-refractivity contribution is -0.0576. The van der Waals surface area contributed by atoms with Crippen LogP contribution in [0.2, 0.25) is 0 Å². The first-order valence-corrected chi connectivity index (χ1v) is 13.6. The molecule has 10 heteroatoms. The van der Waals surface area contributed by atoms with E-state index in [9.17, 15) is 14.0 Å². The normalized spacial score (nSPS) is 13.6. The summed E-state index contributed by atoms with van der Waals surface area (Å²) >= 11 is 0. The van der Waals surface area contributed by atoms with E-state index < -0.39 is 17.5 Å². The van der Waals surface area contributed by atoms with Gasteiger partial charge in [-0.2, -0.15) is 0 Å². The molecular weight excluding hydrogens is 511 g/mol. The number of amides is 3. The number of benzene rings is 1. The Bertz CT molecular complexity index is 1290. The molecule has 0 aliphatic carbocycles. The Hall–Kier alpha value is -4.05. The van der Waals surface area contributed by atoms with Crippen molar-refractivity contribution in [3.63, 3.8) is 0 Å². The zero-order valence-electron chi connectivity index (χ0n) is 23.3. The number of rotatable bonds is 9. The molecule has 1 aliphatic rings. The number of piperidine rings is 1. The van der Waals surface area contributed by atoms with Gasteiger partial charge in [0.1, 0.15) is 17.5 Å². The van der Waals surface area contributed by atoms with Crippen LogP contribution < -0.4 is 15.7 Å². The Labute approximate surface area is 234 Å². The summed E-state index contributed by atoms with van der Waals surface area (Å²) < 4.78 is 13.7. The van der Waals surface area contributed by atoms with Crippen LogP contribution in [0.3, 0.4) is 0 Å². The van der Waals surface area contributed by atoms with E-state index in [2.05, 4.69) is 20.7 Å². The third-order valence-corrected chi connectivity index (χ3v) is 6.38. The minimum atomic E-state index is -0.699. The monoisotopic (exact) mass is 548 g/mol. The van der Waals surface area contributed by atoms with Crippen molar-refractivity contribution in [2.45, 2.75) is 58.6 Å². The fourth-order valence-electron chi connectivity index (χ4n) is 4.38. The molecule has 0 bridgehead atoms. The molecule has 0 radical (unpaired) electrons. The zero-order chi connectivity index (χ0) is 28.5. The molecule has 40 heavy (non-hydrogen) atoms. The van der Waals surface area contributed by atoms with E-state index in [1.165, 1.54) is 18.6 Å². The summed E-state index contributed by atoms with van der Waals surface area (Å²) in [7, 11) is 0. The molecule has 2 N–H and O–H groups in total. The Kier molecular flexibility index (Phi) is 9.65. The molecule has 0 atom stereocenters. The van der Waals surface area contributed by atoms with Crippen molar-refractivity contribution in [1.29, 1.82) is 0 Å². The van der Waals surface area contributed by atoms with Crippen LogP contribution >= 0.6 is 0 Å². The van der Waals surface area contributed by atoms with Gasteiger partial charge in [-0.25, -0.2) is 19.6 Å². The number of pyridine rings is 2. The van der Waals surface area contributed by atoms with Crippen LogP contribution in [0.5, 0.6) is 0 Å². The number of anilines is 2. The van der Waals surface area contributed by atoms with E-state index in [0.717, 1.165) is 42.2 Å². The van der Waals surface area contributed by atoms with Gasteiger partial charge in [-0.3, -0.25) is 19.5 Å². The topological polar surface area (TPSA) is 99.7 Å². The Balaban J connectivity index is 1.62. The highest BCUT2D eigenvalue weighted by Crippen LogP contribution is 2.24. The van der Waals surface area contributed by atoms with E-state index in [1.54, 1.807) is 57.4 Å². The van der Waals surface area contributed by atoms with Crippen molar-refractivity contribution in [3.8, 4) is 0 Å². The summed E-state index contributed by atoms with van der Waals surface area (Å²) in [5, 5.41) is 3.27. The average molecular weight is 549 g/mol. The van der Waals surface area contributed by atoms with Crippen molar-refractivity contribution in [2.75, 3.05) is 29.9 Å². The minimum absolute atomic E-state index is 0.0113. The molecule has 3 aromatic rings. The standard InChI is InChI=1S/C30H37FN6O3/c1-30(2,3)40-35-29(39)37(21-23-10-8-15-32-20-23)28(38)25-12-13-26(36-17-5-4-6-18-36)34-27(25)33-16-14-22-9-7-11-24(31)19-22/h7-13,15,19-20H,4-6,14,16-18,21H2,1-3H3,(H,33,34)(H,35,39). The maximum absolute atomic E-state index is 13.9. The summed E-state index contributed by atoms with van der Waals surface area (Å²) in [6.07, 6.45) is 7.10. The fourth-order valence-corrected chi connectivity index (χ4v) is 4.38. The maximum atomic E-state index is 13.9. The van der Waals surface area contributed by atoms with Crippen molar-refractivity contribution in [1.82, 2.24) is 20.3 Å². The third-order valence-electron chi connectivity index (χ3n) is 6.38. The van der Waals surface area contributed by atoms with Crippen molar-refractivity contribution >= 4 is 23.6 Å². The predicted octanol–water partition coefficient (Wildman–Crippen LogP) is 5.34. The molecule has 1 aromatic carbocycles. The van der Waals surface area contributed by atoms with Gasteiger partial charge < -0.3 is 10.2 Å². The zero-order valence-corrected chi connectivity index (χ0v) is 23.3. The fraction of sp³-hybridized carbons (Fsp3) is 0.400. The van der Waals surface area contributed by atoms with Gasteiger partial charge in [-0.15, -0.1) is 0 Å². The van der Waals surface area contributed by atoms with Crippen molar-refractivity contribution in [3.05, 3.63) is 83.4 Å². The number of hydroxylamine groups is 1. The minimum Gasteiger partial charge on any atom is -0.369 e. The van der Waals surface area contributed by atoms with E-state index in [0.29, 0.717) is 24.3 Å². The van der Waals surface area contributed by atoms with Gasteiger partial charge in [0.05, 0.1) is 17.7 Å². The molecule has 0 unspecified atom stereocenters. The SMILES string of the molecule is CC(C)(C)ONC(=O)N(Cc1cccnc1)C(=O)c1ccc(N2CCCCC2)nc1NCCc1cccc(F)c1. The first-order valence-electron chi connectivity index (χ1n) is 13.6. The Morgan fingerprint density at radius 2 is 1.82 bits per heavy atom. The van der Waals surface area contributed by atoms with Gasteiger partial charge in [0.2, 0.25) is 0 Å². The number of hydrogen-bond donors (Lipinski definition) is 2. The van der Waals surface area contributed by atoms with E-state index >= 15 is 0 Å². The van der Waals surface area contributed by atoms with E-state index in [-0.39, 0.29) is 17.9 Å². The van der Waals surface area contributed by atoms with E-state index in [1.807, 2.05) is 12.1 Å². The Morgan fingerprint density at radius 1 is 1.05 bits per heavy atom. The third kappa shape index (κ3) is 8.22. The molecule has 9 nitrogen and oxygen atoms in total. The quantitative estimate of drug-likeness (QED) is 0.348. The number of halogens is 1. The Morgan fingerprint density at radius 3 is 2.52 bits per heavy atom. The van der Waals surface area contributed by atoms with Crippen LogP contribution in [0.4, 0.5) is 20.8 Å². The lowest BCUT2D eigenvalue weighted by Gasteiger charge is -2.29. The van der Waals surface area contributed by atoms with Crippen LogP contribution in [0.1, 0.15) is 61.5 Å². The second-order valence-corrected chi connectivity index (χ2v) is 10.8. The van der Waals surface area contributed by atoms with Gasteiger partial charge in [-0.05, 0) is 87.9 Å². The molecule has 0 spiro atoms. The average Bonchev–Trinajstić information content (AvgIpc) is 2.95. The molecular formula is C30H37FN6O3. The van der Waals surface area contributed by atoms with Gasteiger partial charge in [0.25, 0.3) is 5.91 Å². The summed E-state index contributed by atoms with van der Waals surface area (Å²) in [5.41, 5.74) is 3.50. The van der Waals surface area contributed by atoms with Gasteiger partial charge in [-0.1, -0.05) is 18.2 Å². The number of nitrogens with zero attached hydrogens (tertiary/aromatic N) is 4. The second-order valence-electron chi connectivity index (χ2n) is 10.8. The van der Waals surface area contributed by atoms with Crippen molar-refractivity contribution in [2.24, 2.45) is 0 Å². The molecule has 3 amide bonds. The number of imide groups is 1. The van der Waals surface area contributed by atoms with Crippen LogP contribution in [0, 0.1) is 5.82 Å². The highest BCUT2D eigenvalue weighted by atomic mass is 19.1. The molecule has 3 heterocycles. The highest BCUT2D eigenvalue weighted by molar-refractivity contribution is 6.07. The molecule has 212 valence electrons. The molecule has 4 rings (SSSR count). The van der Waals surface area contributed by atoms with Crippen LogP contribution in [-0.2, 0) is 17.8 Å². The largest absolute Gasteiger partial charge is 0.369 e. The van der Waals surface area contributed by atoms with Gasteiger partial charge in [0.15, 0.2) is 0 Å². The lowest BCUT2D eigenvalue weighted by Crippen LogP contribution is -2.46. The highest BCUT2D eigenvalue weighted by Gasteiger charge is 2.28. The molecule has 0 saturated carbocycles. The van der Waals surface area contributed by atoms with E-state index in [4.69, 9.17) is 9.82 Å². The van der Waals surface area contributed by atoms with Crippen LogP contribution in [0.25, 0.3) is 0 Å². The smallest absolute Gasteiger partial charge is 0.348 e. The van der Waals surface area contributed by atoms with Crippen molar-refractivity contribution < 1.29 is 18.8 Å². The number of aromatic nitrogens is 2. The number of carbonyl (C=O) groups is 2. The van der Waals surface area contributed by atoms with Gasteiger partial charge in [0, 0.05) is 32.0 Å². The number of hydrogen-bond acceptors (Lipinski definition) is 7. The van der Waals surface area contributed by atoms with Crippen LogP contribution in [0.15, 0.2) is 60.9 Å². The molecule has 1 fully saturated rings. The first kappa shape index (κ1) is 28.9. The van der Waals surface area contributed by atoms with Gasteiger partial charge >= 0.3 is 6.03 Å². The summed E-state index contributed by atoms with van der Waals surface area (Å²) in [6, 6.07) is 12.8. The number of urea groups is 1. The number of carbonyl (C=O) groups excluding carboxylic acids is 2. The maximum Gasteiger partial charge on any atom is 0.348 e. The van der Waals surface area contributed by atoms with Crippen LogP contribution in [-0.4, -0.2) is 52.0 Å². The summed E-state index contributed by atoms with van der Waals surface area (Å²) in [4.78, 5) is 44.9. The number of nitrogens with one attached hydrogen (secondary N) is 2. The predicted molar refractivity (Wildman–Crippen MR) is 152 cm³/mol.